The lowest BCUT2D eigenvalue weighted by Crippen LogP contribution is -2.19. The van der Waals surface area contributed by atoms with E-state index in [4.69, 9.17) is 33.3 Å². The number of carbonyl (C=O) groups is 1. The molecule has 0 bridgehead atoms. The zero-order valence-electron chi connectivity index (χ0n) is 14.7. The zero-order valence-corrected chi connectivity index (χ0v) is 16.3. The van der Waals surface area contributed by atoms with Gasteiger partial charge in [-0.25, -0.2) is 0 Å². The second-order valence-corrected chi connectivity index (χ2v) is 6.06. The highest BCUT2D eigenvalue weighted by atomic mass is 35.5. The maximum atomic E-state index is 11.4. The van der Waals surface area contributed by atoms with Crippen LogP contribution in [-0.4, -0.2) is 25.2 Å². The van der Waals surface area contributed by atoms with Gasteiger partial charge in [0.2, 0.25) is 5.91 Å². The van der Waals surface area contributed by atoms with Crippen LogP contribution in [0.4, 0.5) is 17.1 Å². The summed E-state index contributed by atoms with van der Waals surface area (Å²) in [4.78, 5) is 11.4. The highest BCUT2D eigenvalue weighted by Crippen LogP contribution is 2.35. The number of thiocarbonyl (C=S) groups is 1. The molecule has 6 nitrogen and oxygen atoms in total. The maximum Gasteiger partial charge on any atom is 0.224 e. The average Bonchev–Trinajstić information content (AvgIpc) is 2.63. The van der Waals surface area contributed by atoms with Gasteiger partial charge in [0.1, 0.15) is 11.5 Å². The molecule has 0 heterocycles. The largest absolute Gasteiger partial charge is 0.495 e. The first-order valence-electron chi connectivity index (χ1n) is 7.86. The van der Waals surface area contributed by atoms with Gasteiger partial charge < -0.3 is 25.4 Å². The molecule has 0 aromatic heterocycles. The quantitative estimate of drug-likeness (QED) is 0.627. The number of hydrogen-bond donors (Lipinski definition) is 3. The maximum absolute atomic E-state index is 11.4. The van der Waals surface area contributed by atoms with Crippen molar-refractivity contribution in [1.29, 1.82) is 0 Å². The molecule has 0 spiro atoms. The van der Waals surface area contributed by atoms with Gasteiger partial charge in [0.05, 0.1) is 24.9 Å². The molecule has 26 heavy (non-hydrogen) atoms. The van der Waals surface area contributed by atoms with E-state index in [1.807, 2.05) is 12.1 Å². The van der Waals surface area contributed by atoms with Crippen molar-refractivity contribution in [2.24, 2.45) is 0 Å². The van der Waals surface area contributed by atoms with Crippen LogP contribution in [0.1, 0.15) is 13.3 Å². The number of hydrogen-bond acceptors (Lipinski definition) is 4. The second kappa shape index (κ2) is 9.26. The topological polar surface area (TPSA) is 71.6 Å². The van der Waals surface area contributed by atoms with Crippen LogP contribution in [0.2, 0.25) is 5.02 Å². The Kier molecular flexibility index (Phi) is 7.06. The molecule has 1 amide bonds. The fourth-order valence-electron chi connectivity index (χ4n) is 2.13. The predicted octanol–water partition coefficient (Wildman–Crippen LogP) is 4.51. The minimum atomic E-state index is -0.0358. The second-order valence-electron chi connectivity index (χ2n) is 5.25. The highest BCUT2D eigenvalue weighted by Gasteiger charge is 2.11. The van der Waals surface area contributed by atoms with E-state index in [0.29, 0.717) is 33.7 Å². The molecule has 2 aromatic carbocycles. The van der Waals surface area contributed by atoms with Gasteiger partial charge in [0.25, 0.3) is 0 Å². The van der Waals surface area contributed by atoms with E-state index in [9.17, 15) is 4.79 Å². The monoisotopic (exact) mass is 393 g/mol. The van der Waals surface area contributed by atoms with Gasteiger partial charge in [-0.3, -0.25) is 4.79 Å². The van der Waals surface area contributed by atoms with Crippen LogP contribution in [0.25, 0.3) is 0 Å². The van der Waals surface area contributed by atoms with Crippen LogP contribution in [0, 0.1) is 0 Å². The summed E-state index contributed by atoms with van der Waals surface area (Å²) in [5.41, 5.74) is 2.11. The number of carbonyl (C=O) groups excluding carboxylic acids is 1. The molecule has 0 atom stereocenters. The van der Waals surface area contributed by atoms with E-state index in [2.05, 4.69) is 16.0 Å². The molecule has 2 aromatic rings. The highest BCUT2D eigenvalue weighted by molar-refractivity contribution is 7.80. The lowest BCUT2D eigenvalue weighted by molar-refractivity contribution is -0.115. The first-order valence-corrected chi connectivity index (χ1v) is 8.64. The van der Waals surface area contributed by atoms with Crippen LogP contribution in [0.15, 0.2) is 36.4 Å². The van der Waals surface area contributed by atoms with E-state index >= 15 is 0 Å². The van der Waals surface area contributed by atoms with Crippen molar-refractivity contribution in [3.63, 3.8) is 0 Å². The van der Waals surface area contributed by atoms with Crippen molar-refractivity contribution in [3.05, 3.63) is 41.4 Å². The smallest absolute Gasteiger partial charge is 0.224 e. The van der Waals surface area contributed by atoms with Gasteiger partial charge in [0, 0.05) is 23.9 Å². The molecule has 0 fully saturated rings. The van der Waals surface area contributed by atoms with Gasteiger partial charge in [-0.15, -0.1) is 0 Å². The number of amides is 1. The third-order valence-corrected chi connectivity index (χ3v) is 3.97. The van der Waals surface area contributed by atoms with Gasteiger partial charge in [-0.2, -0.15) is 0 Å². The summed E-state index contributed by atoms with van der Waals surface area (Å²) in [7, 11) is 3.08. The Hall–Kier alpha value is -2.51. The van der Waals surface area contributed by atoms with Crippen LogP contribution in [0.5, 0.6) is 11.5 Å². The van der Waals surface area contributed by atoms with Gasteiger partial charge in [-0.05, 0) is 42.5 Å². The van der Waals surface area contributed by atoms with Crippen molar-refractivity contribution < 1.29 is 14.3 Å². The number of methoxy groups -OCH3 is 2. The Labute approximate surface area is 162 Å². The fourth-order valence-corrected chi connectivity index (χ4v) is 2.60. The van der Waals surface area contributed by atoms with E-state index < -0.39 is 0 Å². The van der Waals surface area contributed by atoms with Crippen LogP contribution >= 0.6 is 23.8 Å². The average molecular weight is 394 g/mol. The zero-order chi connectivity index (χ0) is 19.1. The van der Waals surface area contributed by atoms with E-state index in [1.54, 1.807) is 38.3 Å². The van der Waals surface area contributed by atoms with Crippen molar-refractivity contribution in [3.8, 4) is 11.5 Å². The number of anilines is 3. The van der Waals surface area contributed by atoms with Gasteiger partial charge in [0.15, 0.2) is 5.11 Å². The lowest BCUT2D eigenvalue weighted by Gasteiger charge is -2.15. The SMILES string of the molecule is CCC(=O)Nc1ccc(NC(=S)Nc2cc(Cl)c(OC)cc2OC)cc1. The van der Waals surface area contributed by atoms with E-state index in [-0.39, 0.29) is 5.91 Å². The standard InChI is InChI=1S/C18H20ClN3O3S/c1-4-17(23)20-11-5-7-12(8-6-11)21-18(26)22-14-9-13(19)15(24-2)10-16(14)25-3/h5-10H,4H2,1-3H3,(H,20,23)(H2,21,22,26). The fraction of sp³-hybridized carbons (Fsp3) is 0.222. The number of halogens is 1. The Morgan fingerprint density at radius 2 is 1.58 bits per heavy atom. The summed E-state index contributed by atoms with van der Waals surface area (Å²) >= 11 is 11.5. The summed E-state index contributed by atoms with van der Waals surface area (Å²) in [5, 5.41) is 9.70. The Bertz CT molecular complexity index is 797. The molecule has 2 rings (SSSR count). The first kappa shape index (κ1) is 19.8. The number of benzene rings is 2. The number of nitrogens with one attached hydrogen (secondary N) is 3. The van der Waals surface area contributed by atoms with E-state index in [1.165, 1.54) is 7.11 Å². The van der Waals surface area contributed by atoms with E-state index in [0.717, 1.165) is 11.4 Å². The molecule has 0 saturated carbocycles. The van der Waals surface area contributed by atoms with Crippen molar-refractivity contribution in [2.75, 3.05) is 30.2 Å². The first-order chi connectivity index (χ1) is 12.5. The van der Waals surface area contributed by atoms with Crippen LogP contribution in [0.3, 0.4) is 0 Å². The Balaban J connectivity index is 2.04. The molecular formula is C18H20ClN3O3S. The molecule has 0 aliphatic rings. The molecule has 0 radical (unpaired) electrons. The van der Waals surface area contributed by atoms with Crippen molar-refractivity contribution in [1.82, 2.24) is 0 Å². The van der Waals surface area contributed by atoms with Gasteiger partial charge >= 0.3 is 0 Å². The van der Waals surface area contributed by atoms with Crippen molar-refractivity contribution >= 4 is 51.9 Å². The third-order valence-electron chi connectivity index (χ3n) is 3.47. The summed E-state index contributed by atoms with van der Waals surface area (Å²) in [5.74, 6) is 1.03. The lowest BCUT2D eigenvalue weighted by atomic mass is 10.2. The molecule has 0 unspecified atom stereocenters. The Morgan fingerprint density at radius 1 is 1.00 bits per heavy atom. The summed E-state index contributed by atoms with van der Waals surface area (Å²) in [6.45, 7) is 1.80. The number of ether oxygens (including phenoxy) is 2. The summed E-state index contributed by atoms with van der Waals surface area (Å²) in [6.07, 6.45) is 0.431. The molecule has 0 aliphatic carbocycles. The Morgan fingerprint density at radius 3 is 2.12 bits per heavy atom. The molecular weight excluding hydrogens is 374 g/mol. The van der Waals surface area contributed by atoms with Crippen LogP contribution < -0.4 is 25.4 Å². The molecule has 0 saturated heterocycles. The number of rotatable bonds is 6. The van der Waals surface area contributed by atoms with Crippen LogP contribution in [-0.2, 0) is 4.79 Å². The van der Waals surface area contributed by atoms with Gasteiger partial charge in [-0.1, -0.05) is 18.5 Å². The summed E-state index contributed by atoms with van der Waals surface area (Å²) in [6, 6.07) is 10.6. The minimum Gasteiger partial charge on any atom is -0.495 e. The van der Waals surface area contributed by atoms with Crippen molar-refractivity contribution in [2.45, 2.75) is 13.3 Å². The molecule has 0 aliphatic heterocycles. The predicted molar refractivity (Wildman–Crippen MR) is 110 cm³/mol. The minimum absolute atomic E-state index is 0.0358. The third kappa shape index (κ3) is 5.24. The molecule has 8 heteroatoms. The normalized spacial score (nSPS) is 10.0. The molecule has 3 N–H and O–H groups in total. The molecule has 138 valence electrons. The summed E-state index contributed by atoms with van der Waals surface area (Å²) < 4.78 is 10.5.